The van der Waals surface area contributed by atoms with Gasteiger partial charge in [0.05, 0.1) is 0 Å². The predicted molar refractivity (Wildman–Crippen MR) is 74.5 cm³/mol. The molecule has 0 aromatic carbocycles. The van der Waals surface area contributed by atoms with Gasteiger partial charge in [-0.3, -0.25) is 0 Å². The molecule has 100 valence electrons. The van der Waals surface area contributed by atoms with E-state index in [0.717, 1.165) is 18.9 Å². The van der Waals surface area contributed by atoms with E-state index >= 15 is 0 Å². The predicted octanol–water partition coefficient (Wildman–Crippen LogP) is 3.41. The van der Waals surface area contributed by atoms with Gasteiger partial charge in [-0.2, -0.15) is 0 Å². The number of hydrogen-bond acceptors (Lipinski definition) is 3. The molecule has 0 aliphatic heterocycles. The van der Waals surface area contributed by atoms with Gasteiger partial charge in [-0.25, -0.2) is 9.97 Å². The minimum absolute atomic E-state index is 0.602. The number of nitrogens with one attached hydrogen (secondary N) is 1. The molecule has 1 aliphatic rings. The quantitative estimate of drug-likeness (QED) is 0.640. The maximum absolute atomic E-state index is 4.57. The van der Waals surface area contributed by atoms with Gasteiger partial charge in [-0.15, -0.1) is 0 Å². The third-order valence-electron chi connectivity index (χ3n) is 3.70. The largest absolute Gasteiger partial charge is 0.313 e. The third kappa shape index (κ3) is 4.05. The van der Waals surface area contributed by atoms with E-state index in [9.17, 15) is 0 Å². The average Bonchev–Trinajstić information content (AvgIpc) is 2.69. The van der Waals surface area contributed by atoms with Crippen molar-refractivity contribution < 1.29 is 0 Å². The van der Waals surface area contributed by atoms with Gasteiger partial charge in [0.25, 0.3) is 0 Å². The van der Waals surface area contributed by atoms with Crippen LogP contribution in [-0.4, -0.2) is 16.5 Å². The van der Waals surface area contributed by atoms with Crippen LogP contribution in [-0.2, 0) is 6.54 Å². The molecule has 1 fully saturated rings. The Balaban J connectivity index is 1.89. The van der Waals surface area contributed by atoms with Gasteiger partial charge < -0.3 is 5.32 Å². The van der Waals surface area contributed by atoms with Crippen LogP contribution in [0.3, 0.4) is 0 Å². The minimum atomic E-state index is 0.602. The second kappa shape index (κ2) is 7.47. The van der Waals surface area contributed by atoms with E-state index in [1.807, 2.05) is 12.4 Å². The molecule has 1 aliphatic carbocycles. The summed E-state index contributed by atoms with van der Waals surface area (Å²) in [5.41, 5.74) is 1.20. The zero-order chi connectivity index (χ0) is 12.6. The highest BCUT2D eigenvalue weighted by atomic mass is 14.9. The molecule has 0 spiro atoms. The van der Waals surface area contributed by atoms with Crippen LogP contribution >= 0.6 is 0 Å². The van der Waals surface area contributed by atoms with Gasteiger partial charge in [0.2, 0.25) is 0 Å². The fourth-order valence-corrected chi connectivity index (χ4v) is 2.61. The molecule has 1 aromatic rings. The Labute approximate surface area is 110 Å². The summed E-state index contributed by atoms with van der Waals surface area (Å²) in [4.78, 5) is 9.14. The van der Waals surface area contributed by atoms with Crippen LogP contribution in [0, 0.1) is 0 Å². The molecule has 1 aromatic heterocycles. The van der Waals surface area contributed by atoms with Crippen LogP contribution in [0.25, 0.3) is 0 Å². The van der Waals surface area contributed by atoms with E-state index < -0.39 is 0 Å². The van der Waals surface area contributed by atoms with Crippen molar-refractivity contribution in [2.24, 2.45) is 0 Å². The summed E-state index contributed by atoms with van der Waals surface area (Å²) in [5.74, 6) is 1.67. The van der Waals surface area contributed by atoms with Crippen molar-refractivity contribution in [1.82, 2.24) is 15.3 Å². The molecule has 3 nitrogen and oxygen atoms in total. The van der Waals surface area contributed by atoms with Crippen molar-refractivity contribution in [3.63, 3.8) is 0 Å². The van der Waals surface area contributed by atoms with Crippen LogP contribution in [0.15, 0.2) is 12.4 Å². The molecular formula is C15H25N3. The lowest BCUT2D eigenvalue weighted by Crippen LogP contribution is -2.14. The molecular weight excluding hydrogens is 222 g/mol. The van der Waals surface area contributed by atoms with Crippen molar-refractivity contribution in [1.29, 1.82) is 0 Å². The maximum Gasteiger partial charge on any atom is 0.131 e. The zero-order valence-corrected chi connectivity index (χ0v) is 11.5. The molecule has 0 radical (unpaired) electrons. The van der Waals surface area contributed by atoms with Crippen molar-refractivity contribution in [2.75, 3.05) is 6.54 Å². The van der Waals surface area contributed by atoms with Crippen LogP contribution in [0.4, 0.5) is 0 Å². The van der Waals surface area contributed by atoms with Crippen LogP contribution < -0.4 is 5.32 Å². The van der Waals surface area contributed by atoms with E-state index in [1.54, 1.807) is 0 Å². The first kappa shape index (κ1) is 13.5. The van der Waals surface area contributed by atoms with E-state index in [2.05, 4.69) is 22.2 Å². The smallest absolute Gasteiger partial charge is 0.131 e. The summed E-state index contributed by atoms with van der Waals surface area (Å²) in [6, 6.07) is 0. The first-order valence-electron chi connectivity index (χ1n) is 7.41. The Bertz CT molecular complexity index is 326. The number of nitrogens with zero attached hydrogens (tertiary/aromatic N) is 2. The number of rotatable bonds is 5. The van der Waals surface area contributed by atoms with Crippen LogP contribution in [0.2, 0.25) is 0 Å². The topological polar surface area (TPSA) is 37.8 Å². The van der Waals surface area contributed by atoms with Gasteiger partial charge in [0, 0.05) is 30.4 Å². The molecule has 0 unspecified atom stereocenters. The fourth-order valence-electron chi connectivity index (χ4n) is 2.61. The first-order valence-corrected chi connectivity index (χ1v) is 7.41. The molecule has 3 heteroatoms. The van der Waals surface area contributed by atoms with Gasteiger partial charge in [0.1, 0.15) is 5.82 Å². The fraction of sp³-hybridized carbons (Fsp3) is 0.733. The number of aromatic nitrogens is 2. The Morgan fingerprint density at radius 1 is 1.11 bits per heavy atom. The second-order valence-corrected chi connectivity index (χ2v) is 5.31. The first-order chi connectivity index (χ1) is 8.90. The molecule has 0 bridgehead atoms. The van der Waals surface area contributed by atoms with Crippen molar-refractivity contribution >= 4 is 0 Å². The van der Waals surface area contributed by atoms with E-state index in [4.69, 9.17) is 0 Å². The molecule has 18 heavy (non-hydrogen) atoms. The zero-order valence-electron chi connectivity index (χ0n) is 11.5. The summed E-state index contributed by atoms with van der Waals surface area (Å²) < 4.78 is 0. The average molecular weight is 247 g/mol. The number of hydrogen-bond donors (Lipinski definition) is 1. The van der Waals surface area contributed by atoms with Crippen LogP contribution in [0.1, 0.15) is 69.2 Å². The monoisotopic (exact) mass is 247 g/mol. The van der Waals surface area contributed by atoms with E-state index in [0.29, 0.717) is 5.92 Å². The Morgan fingerprint density at radius 2 is 1.78 bits per heavy atom. The Morgan fingerprint density at radius 3 is 2.39 bits per heavy atom. The Kier molecular flexibility index (Phi) is 5.59. The normalized spacial score (nSPS) is 17.6. The second-order valence-electron chi connectivity index (χ2n) is 5.31. The molecule has 1 saturated carbocycles. The van der Waals surface area contributed by atoms with Gasteiger partial charge in [0.15, 0.2) is 0 Å². The van der Waals surface area contributed by atoms with Crippen molar-refractivity contribution in [3.05, 3.63) is 23.8 Å². The molecule has 0 saturated heterocycles. The SMILES string of the molecule is CCCNCc1cnc(C2CCCCCC2)nc1. The van der Waals surface area contributed by atoms with Gasteiger partial charge in [-0.05, 0) is 25.8 Å². The van der Waals surface area contributed by atoms with Crippen molar-refractivity contribution in [2.45, 2.75) is 64.3 Å². The maximum atomic E-state index is 4.57. The summed E-state index contributed by atoms with van der Waals surface area (Å²) in [6.07, 6.45) is 13.2. The highest BCUT2D eigenvalue weighted by Gasteiger charge is 2.16. The van der Waals surface area contributed by atoms with Gasteiger partial charge in [-0.1, -0.05) is 32.6 Å². The molecule has 1 heterocycles. The molecule has 0 amide bonds. The summed E-state index contributed by atoms with van der Waals surface area (Å²) in [7, 11) is 0. The highest BCUT2D eigenvalue weighted by Crippen LogP contribution is 2.29. The lowest BCUT2D eigenvalue weighted by molar-refractivity contribution is 0.558. The highest BCUT2D eigenvalue weighted by molar-refractivity contribution is 5.07. The standard InChI is InChI=1S/C15H25N3/c1-2-9-16-10-13-11-17-15(18-12-13)14-7-5-3-4-6-8-14/h11-12,14,16H,2-10H2,1H3. The lowest BCUT2D eigenvalue weighted by Gasteiger charge is -2.12. The van der Waals surface area contributed by atoms with E-state index in [-0.39, 0.29) is 0 Å². The molecule has 1 N–H and O–H groups in total. The lowest BCUT2D eigenvalue weighted by atomic mass is 9.99. The molecule has 2 rings (SSSR count). The minimum Gasteiger partial charge on any atom is -0.313 e. The van der Waals surface area contributed by atoms with Crippen molar-refractivity contribution in [3.8, 4) is 0 Å². The molecule has 0 atom stereocenters. The van der Waals surface area contributed by atoms with Crippen LogP contribution in [0.5, 0.6) is 0 Å². The van der Waals surface area contributed by atoms with E-state index in [1.165, 1.54) is 50.5 Å². The summed E-state index contributed by atoms with van der Waals surface area (Å²) in [5, 5.41) is 3.38. The summed E-state index contributed by atoms with van der Waals surface area (Å²) in [6.45, 7) is 4.13. The Hall–Kier alpha value is -0.960. The third-order valence-corrected chi connectivity index (χ3v) is 3.70. The van der Waals surface area contributed by atoms with Gasteiger partial charge >= 0.3 is 0 Å². The summed E-state index contributed by atoms with van der Waals surface area (Å²) >= 11 is 0.